The van der Waals surface area contributed by atoms with Crippen LogP contribution in [0, 0.1) is 0 Å². The number of hydrogen-bond donors (Lipinski definition) is 14. The molecule has 0 amide bonds. The van der Waals surface area contributed by atoms with E-state index in [9.17, 15) is 30.6 Å². The van der Waals surface area contributed by atoms with Gasteiger partial charge < -0.3 is 119 Å². The van der Waals surface area contributed by atoms with Crippen molar-refractivity contribution in [2.45, 2.75) is 148 Å². The van der Waals surface area contributed by atoms with E-state index in [1.165, 1.54) is 0 Å². The van der Waals surface area contributed by atoms with E-state index in [0.29, 0.717) is 52.5 Å². The maximum atomic E-state index is 10.8. The van der Waals surface area contributed by atoms with Crippen LogP contribution >= 0.6 is 0 Å². The van der Waals surface area contributed by atoms with Gasteiger partial charge in [0.05, 0.1) is 50.7 Å². The van der Waals surface area contributed by atoms with Gasteiger partial charge in [0.25, 0.3) is 0 Å². The lowest BCUT2D eigenvalue weighted by Crippen LogP contribution is -2.67. The van der Waals surface area contributed by atoms with E-state index in [4.69, 9.17) is 88.5 Å². The number of ether oxygens (including phenoxy) is 9. The Labute approximate surface area is 332 Å². The minimum absolute atomic E-state index is 0.0724. The molecule has 4 aliphatic rings. The summed E-state index contributed by atoms with van der Waals surface area (Å²) in [4.78, 5) is 0. The summed E-state index contributed by atoms with van der Waals surface area (Å²) in [6.45, 7) is 2.27. The zero-order valence-corrected chi connectivity index (χ0v) is 32.4. The summed E-state index contributed by atoms with van der Waals surface area (Å²) in [6.07, 6.45) is -13.6. The highest BCUT2D eigenvalue weighted by Gasteiger charge is 2.50. The summed E-state index contributed by atoms with van der Waals surface area (Å²) in [5, 5.41) is 62.7. The third-order valence-electron chi connectivity index (χ3n) is 10.9. The molecule has 2 heterocycles. The number of nitrogens with two attached hydrogens (primary N) is 8. The van der Waals surface area contributed by atoms with Gasteiger partial charge in [-0.25, -0.2) is 0 Å². The Morgan fingerprint density at radius 3 is 1.12 bits per heavy atom. The Morgan fingerprint density at radius 2 is 0.772 bits per heavy atom. The quantitative estimate of drug-likeness (QED) is 0.0450. The van der Waals surface area contributed by atoms with Crippen LogP contribution in [0.3, 0.4) is 0 Å². The fourth-order valence-electron chi connectivity index (χ4n) is 7.43. The van der Waals surface area contributed by atoms with Gasteiger partial charge in [-0.2, -0.15) is 0 Å². The maximum Gasteiger partial charge on any atom is 0.176 e. The minimum Gasteiger partial charge on any atom is -0.389 e. The molecule has 4 rings (SSSR count). The summed E-state index contributed by atoms with van der Waals surface area (Å²) in [7, 11) is 0. The number of hydrogen-bond acceptors (Lipinski definition) is 23. The van der Waals surface area contributed by atoms with E-state index >= 15 is 0 Å². The molecule has 2 saturated heterocycles. The van der Waals surface area contributed by atoms with Gasteiger partial charge in [0, 0.05) is 63.7 Å². The number of aliphatic hydroxyl groups is 6. The van der Waals surface area contributed by atoms with Crippen molar-refractivity contribution < 1.29 is 73.3 Å². The summed E-state index contributed by atoms with van der Waals surface area (Å²) in [6, 6.07) is -4.72. The van der Waals surface area contributed by atoms with E-state index in [-0.39, 0.29) is 39.1 Å². The lowest BCUT2D eigenvalue weighted by molar-refractivity contribution is -0.291. The molecule has 0 spiro atoms. The van der Waals surface area contributed by atoms with Gasteiger partial charge in [-0.05, 0) is 25.7 Å². The molecule has 2 aliphatic carbocycles. The second-order valence-electron chi connectivity index (χ2n) is 15.2. The molecule has 22 N–H and O–H groups in total. The Hall–Kier alpha value is -0.920. The van der Waals surface area contributed by atoms with E-state index in [1.807, 2.05) is 0 Å². The first-order valence-corrected chi connectivity index (χ1v) is 19.8. The highest BCUT2D eigenvalue weighted by molar-refractivity contribution is 5.02. The van der Waals surface area contributed by atoms with Gasteiger partial charge in [0.1, 0.15) is 61.0 Å². The molecule has 0 aromatic heterocycles. The van der Waals surface area contributed by atoms with Gasteiger partial charge >= 0.3 is 0 Å². The standard InChI is InChI=1S/C34H70N8O15/c35-13-19-25(45)27(47)21(41)33(54-19)56-29-17(39)11-15(37)23(43)31(29)52-5-1-3-49-7-9-51-10-8-50-4-2-6-53-32-24(44)16(38)12-18(40)30(32)57-34-22(42)28(48)26(46)20(14-36)55-34/h15-34,43-48H,1-14,35-42H2/t15-,16+,17+,18-,19-,20-,21-,22-,23+,24-,25-,26-,27-,28-,29-,30+,31-,32+,33-,34-/m1/s1. The van der Waals surface area contributed by atoms with E-state index in [0.717, 1.165) is 0 Å². The predicted molar refractivity (Wildman–Crippen MR) is 199 cm³/mol. The second kappa shape index (κ2) is 23.9. The monoisotopic (exact) mass is 830 g/mol. The van der Waals surface area contributed by atoms with Crippen molar-refractivity contribution in [2.24, 2.45) is 45.9 Å². The maximum absolute atomic E-state index is 10.8. The number of rotatable bonds is 22. The average Bonchev–Trinajstić information content (AvgIpc) is 3.19. The topological polar surface area (TPSA) is 413 Å². The molecular weight excluding hydrogens is 760 g/mol. The first-order chi connectivity index (χ1) is 27.2. The lowest BCUT2D eigenvalue weighted by atomic mass is 9.84. The second-order valence-corrected chi connectivity index (χ2v) is 15.2. The Kier molecular flexibility index (Phi) is 20.4. The average molecular weight is 831 g/mol. The lowest BCUT2D eigenvalue weighted by Gasteiger charge is -2.46. The Morgan fingerprint density at radius 1 is 0.421 bits per heavy atom. The van der Waals surface area contributed by atoms with Crippen LogP contribution in [0.4, 0.5) is 0 Å². The summed E-state index contributed by atoms with van der Waals surface area (Å²) >= 11 is 0. The zero-order chi connectivity index (χ0) is 41.8. The summed E-state index contributed by atoms with van der Waals surface area (Å²) in [5.41, 5.74) is 48.3. The molecule has 0 aromatic carbocycles. The first kappa shape index (κ1) is 48.7. The Balaban J connectivity index is 1.06. The van der Waals surface area contributed by atoms with Crippen LogP contribution in [0.1, 0.15) is 25.7 Å². The largest absolute Gasteiger partial charge is 0.389 e. The van der Waals surface area contributed by atoms with Crippen molar-refractivity contribution in [2.75, 3.05) is 65.9 Å². The van der Waals surface area contributed by atoms with Gasteiger partial charge in [0.15, 0.2) is 12.6 Å². The summed E-state index contributed by atoms with van der Waals surface area (Å²) < 4.78 is 52.2. The van der Waals surface area contributed by atoms with Crippen molar-refractivity contribution in [1.82, 2.24) is 0 Å². The molecule has 2 saturated carbocycles. The van der Waals surface area contributed by atoms with Gasteiger partial charge in [0.2, 0.25) is 0 Å². The molecule has 23 heteroatoms. The SMILES string of the molecule is NC[C@H]1O[C@H](O[C@@H]2[C@@H](OCCCOCCOCCOCCCO[C@@H]3[C@@H](O)[C@H](N)C[C@H](N)[C@H]3O[C@H]3O[C@H](CN)[C@@H](O)[C@H](O)[C@H]3N)[C@H](O)[C@@H](N)C[C@H]2N)[C@H](N)[C@@H](O)[C@@H]1O. The molecular formula is C34H70N8O15. The molecule has 20 atom stereocenters. The Bertz CT molecular complexity index is 1050. The van der Waals surface area contributed by atoms with Crippen LogP contribution in [0.2, 0.25) is 0 Å². The molecule has 0 radical (unpaired) electrons. The van der Waals surface area contributed by atoms with Crippen molar-refractivity contribution in [3.8, 4) is 0 Å². The molecule has 57 heavy (non-hydrogen) atoms. The molecule has 0 bridgehead atoms. The van der Waals surface area contributed by atoms with Crippen LogP contribution in [-0.2, 0) is 42.6 Å². The summed E-state index contributed by atoms with van der Waals surface area (Å²) in [5.74, 6) is 0. The molecule has 0 aromatic rings. The van der Waals surface area contributed by atoms with Crippen LogP contribution < -0.4 is 45.9 Å². The third kappa shape index (κ3) is 13.0. The van der Waals surface area contributed by atoms with Crippen molar-refractivity contribution in [3.63, 3.8) is 0 Å². The normalized spacial score (nSPS) is 44.3. The third-order valence-corrected chi connectivity index (χ3v) is 10.9. The molecule has 2 aliphatic heterocycles. The molecule has 23 nitrogen and oxygen atoms in total. The highest BCUT2D eigenvalue weighted by Crippen LogP contribution is 2.30. The van der Waals surface area contributed by atoms with Crippen LogP contribution in [-0.4, -0.2) is 219 Å². The highest BCUT2D eigenvalue weighted by atomic mass is 16.7. The minimum atomic E-state index is -1.34. The van der Waals surface area contributed by atoms with E-state index in [2.05, 4.69) is 0 Å². The van der Waals surface area contributed by atoms with Crippen LogP contribution in [0.5, 0.6) is 0 Å². The fraction of sp³-hybridized carbons (Fsp3) is 1.00. The molecule has 336 valence electrons. The smallest absolute Gasteiger partial charge is 0.176 e. The zero-order valence-electron chi connectivity index (χ0n) is 32.4. The molecule has 4 fully saturated rings. The van der Waals surface area contributed by atoms with Gasteiger partial charge in [-0.1, -0.05) is 0 Å². The fourth-order valence-corrected chi connectivity index (χ4v) is 7.43. The predicted octanol–water partition coefficient (Wildman–Crippen LogP) is -8.34. The van der Waals surface area contributed by atoms with Gasteiger partial charge in [-0.3, -0.25) is 0 Å². The first-order valence-electron chi connectivity index (χ1n) is 19.8. The van der Waals surface area contributed by atoms with E-state index < -0.39 is 122 Å². The van der Waals surface area contributed by atoms with Gasteiger partial charge in [-0.15, -0.1) is 0 Å². The van der Waals surface area contributed by atoms with Crippen molar-refractivity contribution in [1.29, 1.82) is 0 Å². The van der Waals surface area contributed by atoms with E-state index in [1.54, 1.807) is 0 Å². The van der Waals surface area contributed by atoms with Crippen LogP contribution in [0.25, 0.3) is 0 Å². The van der Waals surface area contributed by atoms with Crippen molar-refractivity contribution >= 4 is 0 Å². The number of aliphatic hydroxyl groups excluding tert-OH is 6. The van der Waals surface area contributed by atoms with Crippen LogP contribution in [0.15, 0.2) is 0 Å². The van der Waals surface area contributed by atoms with Crippen molar-refractivity contribution in [3.05, 3.63) is 0 Å². The molecule has 0 unspecified atom stereocenters.